The van der Waals surface area contributed by atoms with Gasteiger partial charge in [0, 0.05) is 31.8 Å². The Morgan fingerprint density at radius 2 is 1.69 bits per heavy atom. The fraction of sp³-hybridized carbons (Fsp3) is 1.00. The number of rotatable bonds is 2. The quantitative estimate of drug-likeness (QED) is 0.462. The van der Waals surface area contributed by atoms with Gasteiger partial charge in [0.1, 0.15) is 0 Å². The summed E-state index contributed by atoms with van der Waals surface area (Å²) in [6.45, 7) is 3.15. The first-order valence-corrected chi connectivity index (χ1v) is 11.8. The van der Waals surface area contributed by atoms with Gasteiger partial charge in [-0.25, -0.2) is 0 Å². The van der Waals surface area contributed by atoms with E-state index in [9.17, 15) is 19.2 Å². The minimum absolute atomic E-state index is 0.0358. The van der Waals surface area contributed by atoms with Crippen molar-refractivity contribution in [1.29, 1.82) is 0 Å². The lowest BCUT2D eigenvalue weighted by molar-refractivity contribution is 0.118. The van der Waals surface area contributed by atoms with Gasteiger partial charge in [-0.2, -0.15) is 0 Å². The van der Waals surface area contributed by atoms with Crippen LogP contribution in [-0.2, 0) is 13.0 Å². The zero-order valence-electron chi connectivity index (χ0n) is 9.34. The van der Waals surface area contributed by atoms with Crippen molar-refractivity contribution in [3.63, 3.8) is 0 Å². The average Bonchev–Trinajstić information content (AvgIpc) is 1.96. The Kier molecular flexibility index (Phi) is 4.45. The Balaban J connectivity index is 2.57. The molecule has 0 amide bonds. The molecule has 0 aromatic carbocycles. The predicted molar refractivity (Wildman–Crippen MR) is 60.5 cm³/mol. The predicted octanol–water partition coefficient (Wildman–Crippen LogP) is -1.40. The maximum Gasteiger partial charge on any atom is 0.497 e. The molecule has 1 aliphatic rings. The molecule has 4 N–H and O–H groups in total. The summed E-state index contributed by atoms with van der Waals surface area (Å²) in [5, 5.41) is 0. The topological polar surface area (TPSA) is 109 Å². The van der Waals surface area contributed by atoms with E-state index in [-0.39, 0.29) is 19.3 Å². The second-order valence-corrected chi connectivity index (χ2v) is 12.1. The third-order valence-corrected chi connectivity index (χ3v) is 8.86. The van der Waals surface area contributed by atoms with Crippen LogP contribution >= 0.6 is 0 Å². The standard InChI is InChI=1S/C6H18O7Si3/c1-14(13-15(2,7)8)5-3-12-16(9,10)6-4-11-14/h7-10H,3-6H2,1-2H3. The van der Waals surface area contributed by atoms with Gasteiger partial charge in [-0.1, -0.05) is 0 Å². The highest BCUT2D eigenvalue weighted by Gasteiger charge is 2.44. The summed E-state index contributed by atoms with van der Waals surface area (Å²) in [7, 11) is -9.87. The van der Waals surface area contributed by atoms with Gasteiger partial charge in [0.15, 0.2) is 0 Å². The van der Waals surface area contributed by atoms with Crippen LogP contribution in [0.5, 0.6) is 0 Å². The molecule has 10 heteroatoms. The number of hydrogen-bond acceptors (Lipinski definition) is 7. The first-order chi connectivity index (χ1) is 7.12. The van der Waals surface area contributed by atoms with E-state index in [1.54, 1.807) is 6.55 Å². The maximum absolute atomic E-state index is 9.36. The molecular weight excluding hydrogens is 268 g/mol. The van der Waals surface area contributed by atoms with E-state index in [1.807, 2.05) is 0 Å². The minimum Gasteiger partial charge on any atom is -0.395 e. The van der Waals surface area contributed by atoms with Crippen LogP contribution in [-0.4, -0.2) is 58.6 Å². The summed E-state index contributed by atoms with van der Waals surface area (Å²) in [5.41, 5.74) is 0. The van der Waals surface area contributed by atoms with Crippen LogP contribution < -0.4 is 0 Å². The third kappa shape index (κ3) is 5.13. The highest BCUT2D eigenvalue weighted by atomic mass is 28.5. The average molecular weight is 286 g/mol. The van der Waals surface area contributed by atoms with Crippen LogP contribution in [0, 0.1) is 0 Å². The zero-order chi connectivity index (χ0) is 12.4. The van der Waals surface area contributed by atoms with Crippen LogP contribution in [0.3, 0.4) is 0 Å². The largest absolute Gasteiger partial charge is 0.497 e. The van der Waals surface area contributed by atoms with E-state index < -0.39 is 26.2 Å². The Hall–Kier alpha value is 0.371. The van der Waals surface area contributed by atoms with Gasteiger partial charge >= 0.3 is 26.2 Å². The number of hydrogen-bond donors (Lipinski definition) is 4. The SMILES string of the molecule is C[Si](O)(O)O[Si]1(C)CCO[Si](O)(O)CCO1. The molecule has 96 valence electrons. The normalized spacial score (nSPS) is 31.9. The van der Waals surface area contributed by atoms with Crippen molar-refractivity contribution in [3.8, 4) is 0 Å². The molecule has 1 aliphatic heterocycles. The molecule has 0 saturated carbocycles. The Labute approximate surface area is 97.2 Å². The molecule has 0 bridgehead atoms. The van der Waals surface area contributed by atoms with Crippen LogP contribution in [0.4, 0.5) is 0 Å². The van der Waals surface area contributed by atoms with Crippen molar-refractivity contribution in [1.82, 2.24) is 0 Å². The van der Waals surface area contributed by atoms with E-state index in [2.05, 4.69) is 0 Å². The Bertz CT molecular complexity index is 229. The van der Waals surface area contributed by atoms with E-state index in [4.69, 9.17) is 13.0 Å². The molecule has 16 heavy (non-hydrogen) atoms. The van der Waals surface area contributed by atoms with Crippen molar-refractivity contribution in [3.05, 3.63) is 0 Å². The van der Waals surface area contributed by atoms with E-state index in [1.165, 1.54) is 6.55 Å². The first-order valence-electron chi connectivity index (χ1n) is 5.00. The van der Waals surface area contributed by atoms with E-state index >= 15 is 0 Å². The lowest BCUT2D eigenvalue weighted by Gasteiger charge is -2.33. The summed E-state index contributed by atoms with van der Waals surface area (Å²) in [4.78, 5) is 37.3. The smallest absolute Gasteiger partial charge is 0.395 e. The highest BCUT2D eigenvalue weighted by Crippen LogP contribution is 2.22. The highest BCUT2D eigenvalue weighted by molar-refractivity contribution is 6.76. The fourth-order valence-corrected chi connectivity index (χ4v) is 7.85. The van der Waals surface area contributed by atoms with Crippen LogP contribution in [0.1, 0.15) is 0 Å². The third-order valence-electron chi connectivity index (χ3n) is 2.13. The van der Waals surface area contributed by atoms with Gasteiger partial charge in [-0.3, -0.25) is 0 Å². The Morgan fingerprint density at radius 3 is 2.25 bits per heavy atom. The van der Waals surface area contributed by atoms with Crippen LogP contribution in [0.25, 0.3) is 0 Å². The van der Waals surface area contributed by atoms with Gasteiger partial charge in [0.25, 0.3) is 0 Å². The molecule has 0 spiro atoms. The molecule has 1 fully saturated rings. The molecule has 0 aromatic heterocycles. The lowest BCUT2D eigenvalue weighted by Crippen LogP contribution is -2.54. The summed E-state index contributed by atoms with van der Waals surface area (Å²) < 4.78 is 15.6. The fourth-order valence-electron chi connectivity index (χ4n) is 1.43. The first kappa shape index (κ1) is 14.4. The lowest BCUT2D eigenvalue weighted by atomic mass is 10.9. The molecule has 1 unspecified atom stereocenters. The Morgan fingerprint density at radius 1 is 1.12 bits per heavy atom. The molecule has 0 aliphatic carbocycles. The molecule has 1 saturated heterocycles. The van der Waals surface area contributed by atoms with Gasteiger partial charge < -0.3 is 32.1 Å². The molecule has 0 radical (unpaired) electrons. The summed E-state index contributed by atoms with van der Waals surface area (Å²) >= 11 is 0. The zero-order valence-corrected chi connectivity index (χ0v) is 12.3. The monoisotopic (exact) mass is 286 g/mol. The van der Waals surface area contributed by atoms with Gasteiger partial charge in [-0.05, 0) is 6.55 Å². The van der Waals surface area contributed by atoms with Crippen LogP contribution in [0.15, 0.2) is 0 Å². The molecule has 1 rings (SSSR count). The molecule has 0 aromatic rings. The summed E-state index contributed by atoms with van der Waals surface area (Å²) in [5.74, 6) is 0. The second-order valence-electron chi connectivity index (χ2n) is 4.11. The van der Waals surface area contributed by atoms with Crippen molar-refractivity contribution in [2.24, 2.45) is 0 Å². The van der Waals surface area contributed by atoms with Crippen molar-refractivity contribution in [2.75, 3.05) is 13.2 Å². The van der Waals surface area contributed by atoms with Crippen molar-refractivity contribution < 1.29 is 32.1 Å². The second kappa shape index (κ2) is 4.93. The minimum atomic E-state index is -3.62. The molecule has 1 atom stereocenters. The summed E-state index contributed by atoms with van der Waals surface area (Å²) in [6.07, 6.45) is 0. The van der Waals surface area contributed by atoms with E-state index in [0.29, 0.717) is 6.04 Å². The molecular formula is C6H18O7Si3. The maximum atomic E-state index is 9.36. The van der Waals surface area contributed by atoms with E-state index in [0.717, 1.165) is 0 Å². The van der Waals surface area contributed by atoms with Crippen molar-refractivity contribution in [2.45, 2.75) is 25.2 Å². The molecule has 1 heterocycles. The molecule has 7 nitrogen and oxygen atoms in total. The van der Waals surface area contributed by atoms with Crippen molar-refractivity contribution >= 4 is 26.2 Å². The van der Waals surface area contributed by atoms with Gasteiger partial charge in [0.2, 0.25) is 0 Å². The van der Waals surface area contributed by atoms with Gasteiger partial charge in [0.05, 0.1) is 0 Å². The van der Waals surface area contributed by atoms with Gasteiger partial charge in [-0.15, -0.1) is 0 Å². The van der Waals surface area contributed by atoms with Crippen LogP contribution in [0.2, 0.25) is 25.2 Å². The summed E-state index contributed by atoms with van der Waals surface area (Å²) in [6, 6.07) is 0.376.